The number of rotatable bonds is 2. The Hall–Kier alpha value is -1.56. The van der Waals surface area contributed by atoms with Crippen LogP contribution in [0.25, 0.3) is 0 Å². The van der Waals surface area contributed by atoms with Crippen LogP contribution in [0.5, 0.6) is 0 Å². The number of fused-ring (bicyclic) bond motifs is 1. The standard InChI is InChI=1S/C18H26N2O3S/c1-13-9-14(2)12-19(11-13)18(21)16-6-7-17-15(10-16)5-4-8-20(17)24(3,22)23/h6-7,10,13-14H,4-5,8-9,11-12H2,1-3H3. The molecule has 0 aliphatic carbocycles. The second-order valence-electron chi connectivity index (χ2n) is 7.44. The van der Waals surface area contributed by atoms with Crippen LogP contribution >= 0.6 is 0 Å². The summed E-state index contributed by atoms with van der Waals surface area (Å²) in [5.74, 6) is 1.11. The van der Waals surface area contributed by atoms with E-state index in [0.717, 1.165) is 43.6 Å². The maximum absolute atomic E-state index is 12.8. The van der Waals surface area contributed by atoms with Gasteiger partial charge in [-0.05, 0) is 54.9 Å². The van der Waals surface area contributed by atoms with Gasteiger partial charge in [-0.15, -0.1) is 0 Å². The molecule has 1 fully saturated rings. The van der Waals surface area contributed by atoms with E-state index in [4.69, 9.17) is 0 Å². The van der Waals surface area contributed by atoms with Crippen LogP contribution in [0.3, 0.4) is 0 Å². The van der Waals surface area contributed by atoms with E-state index in [1.165, 1.54) is 10.6 Å². The molecular weight excluding hydrogens is 324 g/mol. The zero-order valence-electron chi connectivity index (χ0n) is 14.7. The minimum Gasteiger partial charge on any atom is -0.338 e. The lowest BCUT2D eigenvalue weighted by Crippen LogP contribution is -2.42. The van der Waals surface area contributed by atoms with E-state index in [-0.39, 0.29) is 5.91 Å². The molecule has 1 amide bonds. The Balaban J connectivity index is 1.87. The Morgan fingerprint density at radius 1 is 1.17 bits per heavy atom. The zero-order chi connectivity index (χ0) is 17.5. The van der Waals surface area contributed by atoms with E-state index in [0.29, 0.717) is 23.9 Å². The van der Waals surface area contributed by atoms with Gasteiger partial charge in [0.15, 0.2) is 0 Å². The molecule has 0 N–H and O–H groups in total. The van der Waals surface area contributed by atoms with Gasteiger partial charge < -0.3 is 4.90 Å². The van der Waals surface area contributed by atoms with Crippen molar-refractivity contribution in [2.75, 3.05) is 30.2 Å². The van der Waals surface area contributed by atoms with E-state index >= 15 is 0 Å². The first-order valence-electron chi connectivity index (χ1n) is 8.65. The highest BCUT2D eigenvalue weighted by Crippen LogP contribution is 2.31. The summed E-state index contributed by atoms with van der Waals surface area (Å²) in [6.45, 7) is 6.49. The van der Waals surface area contributed by atoms with Crippen molar-refractivity contribution in [2.24, 2.45) is 11.8 Å². The number of benzene rings is 1. The van der Waals surface area contributed by atoms with Crippen LogP contribution in [-0.4, -0.2) is 45.1 Å². The summed E-state index contributed by atoms with van der Waals surface area (Å²) in [4.78, 5) is 14.8. The van der Waals surface area contributed by atoms with Gasteiger partial charge in [0.05, 0.1) is 11.9 Å². The van der Waals surface area contributed by atoms with Crippen molar-refractivity contribution in [1.29, 1.82) is 0 Å². The van der Waals surface area contributed by atoms with Crippen LogP contribution in [-0.2, 0) is 16.4 Å². The summed E-state index contributed by atoms with van der Waals surface area (Å²) >= 11 is 0. The van der Waals surface area contributed by atoms with Gasteiger partial charge in [-0.25, -0.2) is 8.42 Å². The van der Waals surface area contributed by atoms with Crippen LogP contribution in [0.1, 0.15) is 42.6 Å². The number of likely N-dealkylation sites (tertiary alicyclic amines) is 1. The number of sulfonamides is 1. The van der Waals surface area contributed by atoms with Crippen molar-refractivity contribution in [3.63, 3.8) is 0 Å². The Morgan fingerprint density at radius 3 is 2.46 bits per heavy atom. The van der Waals surface area contributed by atoms with Gasteiger partial charge in [0.25, 0.3) is 5.91 Å². The molecule has 2 aliphatic heterocycles. The van der Waals surface area contributed by atoms with Gasteiger partial charge in [-0.3, -0.25) is 9.10 Å². The lowest BCUT2D eigenvalue weighted by Gasteiger charge is -2.35. The van der Waals surface area contributed by atoms with Crippen LogP contribution in [0, 0.1) is 11.8 Å². The molecule has 5 nitrogen and oxygen atoms in total. The van der Waals surface area contributed by atoms with Crippen molar-refractivity contribution in [3.05, 3.63) is 29.3 Å². The van der Waals surface area contributed by atoms with Crippen LogP contribution < -0.4 is 4.31 Å². The molecule has 1 aromatic carbocycles. The summed E-state index contributed by atoms with van der Waals surface area (Å²) in [6.07, 6.45) is 4.00. The quantitative estimate of drug-likeness (QED) is 0.823. The molecule has 132 valence electrons. The minimum absolute atomic E-state index is 0.0627. The molecule has 3 rings (SSSR count). The Kier molecular flexibility index (Phi) is 4.60. The molecule has 2 heterocycles. The number of carbonyl (C=O) groups excluding carboxylic acids is 1. The average molecular weight is 350 g/mol. The molecule has 6 heteroatoms. The molecule has 2 aliphatic rings. The second kappa shape index (κ2) is 6.39. The monoisotopic (exact) mass is 350 g/mol. The summed E-state index contributed by atoms with van der Waals surface area (Å²) in [6, 6.07) is 5.45. The minimum atomic E-state index is -3.27. The van der Waals surface area contributed by atoms with E-state index < -0.39 is 10.0 Å². The van der Waals surface area contributed by atoms with Crippen LogP contribution in [0.4, 0.5) is 5.69 Å². The fourth-order valence-electron chi connectivity index (χ4n) is 4.05. The lowest BCUT2D eigenvalue weighted by atomic mass is 9.91. The predicted molar refractivity (Wildman–Crippen MR) is 95.8 cm³/mol. The molecule has 24 heavy (non-hydrogen) atoms. The van der Waals surface area contributed by atoms with E-state index in [9.17, 15) is 13.2 Å². The topological polar surface area (TPSA) is 57.7 Å². The average Bonchev–Trinajstić information content (AvgIpc) is 2.51. The third-order valence-electron chi connectivity index (χ3n) is 4.96. The van der Waals surface area contributed by atoms with Crippen molar-refractivity contribution >= 4 is 21.6 Å². The third-order valence-corrected chi connectivity index (χ3v) is 6.14. The van der Waals surface area contributed by atoms with Gasteiger partial charge >= 0.3 is 0 Å². The number of anilines is 1. The molecule has 2 atom stereocenters. The normalized spacial score (nSPS) is 24.6. The molecule has 2 unspecified atom stereocenters. The fraction of sp³-hybridized carbons (Fsp3) is 0.611. The Labute approximate surface area is 144 Å². The highest BCUT2D eigenvalue weighted by Gasteiger charge is 2.28. The van der Waals surface area contributed by atoms with Gasteiger partial charge in [-0.2, -0.15) is 0 Å². The van der Waals surface area contributed by atoms with E-state index in [1.807, 2.05) is 11.0 Å². The number of hydrogen-bond acceptors (Lipinski definition) is 3. The molecule has 1 aromatic rings. The maximum atomic E-state index is 12.8. The fourth-order valence-corrected chi connectivity index (χ4v) is 5.05. The SMILES string of the molecule is CC1CC(C)CN(C(=O)c2ccc3c(c2)CCCN3S(C)(=O)=O)C1. The van der Waals surface area contributed by atoms with Crippen molar-refractivity contribution < 1.29 is 13.2 Å². The predicted octanol–water partition coefficient (Wildman–Crippen LogP) is 2.52. The number of piperidine rings is 1. The first-order chi connectivity index (χ1) is 11.3. The summed E-state index contributed by atoms with van der Waals surface area (Å²) in [7, 11) is -3.27. The van der Waals surface area contributed by atoms with Gasteiger partial charge in [0, 0.05) is 25.2 Å². The van der Waals surface area contributed by atoms with Crippen LogP contribution in [0.2, 0.25) is 0 Å². The van der Waals surface area contributed by atoms with E-state index in [1.54, 1.807) is 12.1 Å². The number of aryl methyl sites for hydroxylation is 1. The number of carbonyl (C=O) groups is 1. The lowest BCUT2D eigenvalue weighted by molar-refractivity contribution is 0.0623. The maximum Gasteiger partial charge on any atom is 0.253 e. The molecule has 0 spiro atoms. The van der Waals surface area contributed by atoms with E-state index in [2.05, 4.69) is 13.8 Å². The first kappa shape index (κ1) is 17.3. The zero-order valence-corrected chi connectivity index (χ0v) is 15.5. The summed E-state index contributed by atoms with van der Waals surface area (Å²) in [5.41, 5.74) is 2.35. The van der Waals surface area contributed by atoms with Crippen molar-refractivity contribution in [1.82, 2.24) is 4.90 Å². The molecular formula is C18H26N2O3S. The first-order valence-corrected chi connectivity index (χ1v) is 10.5. The third kappa shape index (κ3) is 3.43. The molecule has 0 saturated carbocycles. The number of amides is 1. The summed E-state index contributed by atoms with van der Waals surface area (Å²) < 4.78 is 25.3. The molecule has 0 bridgehead atoms. The molecule has 0 aromatic heterocycles. The van der Waals surface area contributed by atoms with Gasteiger partial charge in [0.2, 0.25) is 10.0 Å². The Bertz CT molecular complexity index is 735. The largest absolute Gasteiger partial charge is 0.338 e. The second-order valence-corrected chi connectivity index (χ2v) is 9.35. The number of nitrogens with zero attached hydrogens (tertiary/aromatic N) is 2. The highest BCUT2D eigenvalue weighted by molar-refractivity contribution is 7.92. The van der Waals surface area contributed by atoms with Gasteiger partial charge in [-0.1, -0.05) is 13.8 Å². The summed E-state index contributed by atoms with van der Waals surface area (Å²) in [5, 5.41) is 0. The number of hydrogen-bond donors (Lipinski definition) is 0. The Morgan fingerprint density at radius 2 is 1.83 bits per heavy atom. The van der Waals surface area contributed by atoms with Gasteiger partial charge in [0.1, 0.15) is 0 Å². The molecule has 1 saturated heterocycles. The highest BCUT2D eigenvalue weighted by atomic mass is 32.2. The van der Waals surface area contributed by atoms with Crippen molar-refractivity contribution in [2.45, 2.75) is 33.1 Å². The van der Waals surface area contributed by atoms with Crippen molar-refractivity contribution in [3.8, 4) is 0 Å². The van der Waals surface area contributed by atoms with Crippen LogP contribution in [0.15, 0.2) is 18.2 Å². The molecule has 0 radical (unpaired) electrons. The smallest absolute Gasteiger partial charge is 0.253 e.